The maximum Gasteiger partial charge on any atom is 0.259 e. The SMILES string of the molecule is Cc1oncc1C(=O)N1CC2CC1(C(=O)N(C)C)C2. The Hall–Kier alpha value is -1.85. The monoisotopic (exact) mass is 263 g/mol. The van der Waals surface area contributed by atoms with Crippen molar-refractivity contribution in [1.82, 2.24) is 15.0 Å². The van der Waals surface area contributed by atoms with Gasteiger partial charge in [0, 0.05) is 20.6 Å². The minimum Gasteiger partial charge on any atom is -0.361 e. The summed E-state index contributed by atoms with van der Waals surface area (Å²) in [5, 5.41) is 3.64. The summed E-state index contributed by atoms with van der Waals surface area (Å²) in [6.07, 6.45) is 2.99. The van der Waals surface area contributed by atoms with Crippen LogP contribution in [0.1, 0.15) is 29.0 Å². The molecule has 2 aliphatic heterocycles. The molecule has 0 unspecified atom stereocenters. The summed E-state index contributed by atoms with van der Waals surface area (Å²) in [7, 11) is 3.46. The van der Waals surface area contributed by atoms with E-state index in [1.807, 2.05) is 0 Å². The molecule has 4 rings (SSSR count). The standard InChI is InChI=1S/C13H17N3O3/c1-8-10(6-14-19-8)11(17)16-7-9-4-13(16,5-9)12(18)15(2)3/h6,9H,4-5,7H2,1-3H3. The zero-order chi connectivity index (χ0) is 13.8. The number of nitrogens with zero attached hydrogens (tertiary/aromatic N) is 3. The van der Waals surface area contributed by atoms with Crippen LogP contribution in [0.3, 0.4) is 0 Å². The molecular weight excluding hydrogens is 246 g/mol. The lowest BCUT2D eigenvalue weighted by atomic mass is 9.72. The summed E-state index contributed by atoms with van der Waals surface area (Å²) in [4.78, 5) is 28.2. The third kappa shape index (κ3) is 1.52. The minimum absolute atomic E-state index is 0.0173. The van der Waals surface area contributed by atoms with Gasteiger partial charge in [-0.15, -0.1) is 0 Å². The van der Waals surface area contributed by atoms with Crippen LogP contribution in [-0.4, -0.2) is 52.9 Å². The first-order valence-corrected chi connectivity index (χ1v) is 6.41. The van der Waals surface area contributed by atoms with Crippen molar-refractivity contribution in [3.8, 4) is 0 Å². The van der Waals surface area contributed by atoms with Gasteiger partial charge in [-0.3, -0.25) is 9.59 Å². The maximum atomic E-state index is 12.6. The van der Waals surface area contributed by atoms with Crippen LogP contribution in [0.4, 0.5) is 0 Å². The van der Waals surface area contributed by atoms with E-state index in [2.05, 4.69) is 5.16 Å². The van der Waals surface area contributed by atoms with Gasteiger partial charge < -0.3 is 14.3 Å². The van der Waals surface area contributed by atoms with Gasteiger partial charge in [-0.05, 0) is 25.7 Å². The number of carbonyl (C=O) groups excluding carboxylic acids is 2. The fraction of sp³-hybridized carbons (Fsp3) is 0.615. The van der Waals surface area contributed by atoms with Crippen molar-refractivity contribution < 1.29 is 14.1 Å². The summed E-state index contributed by atoms with van der Waals surface area (Å²) >= 11 is 0. The second-order valence-electron chi connectivity index (χ2n) is 5.72. The lowest BCUT2D eigenvalue weighted by Crippen LogP contribution is -2.58. The first kappa shape index (κ1) is 12.2. The Morgan fingerprint density at radius 3 is 2.68 bits per heavy atom. The molecule has 3 heterocycles. The Balaban J connectivity index is 1.91. The Labute approximate surface area is 111 Å². The van der Waals surface area contributed by atoms with Crippen LogP contribution in [-0.2, 0) is 4.79 Å². The molecule has 1 aliphatic carbocycles. The van der Waals surface area contributed by atoms with E-state index < -0.39 is 5.54 Å². The lowest BCUT2D eigenvalue weighted by molar-refractivity contribution is -0.141. The third-order valence-corrected chi connectivity index (χ3v) is 4.24. The molecule has 2 bridgehead atoms. The highest BCUT2D eigenvalue weighted by Gasteiger charge is 2.63. The average molecular weight is 263 g/mol. The summed E-state index contributed by atoms with van der Waals surface area (Å²) in [6, 6.07) is 0. The van der Waals surface area contributed by atoms with Crippen molar-refractivity contribution in [2.45, 2.75) is 25.3 Å². The van der Waals surface area contributed by atoms with Gasteiger partial charge in [0.2, 0.25) is 5.91 Å². The first-order valence-electron chi connectivity index (χ1n) is 6.41. The number of hydrogen-bond donors (Lipinski definition) is 0. The molecule has 2 amide bonds. The molecule has 19 heavy (non-hydrogen) atoms. The van der Waals surface area contributed by atoms with Gasteiger partial charge in [0.1, 0.15) is 16.9 Å². The number of rotatable bonds is 2. The molecule has 0 atom stereocenters. The molecule has 0 radical (unpaired) electrons. The molecule has 102 valence electrons. The van der Waals surface area contributed by atoms with E-state index in [1.165, 1.54) is 6.20 Å². The molecule has 6 heteroatoms. The van der Waals surface area contributed by atoms with Crippen LogP contribution in [0, 0.1) is 12.8 Å². The summed E-state index contributed by atoms with van der Waals surface area (Å²) in [5.41, 5.74) is -0.173. The van der Waals surface area contributed by atoms with Gasteiger partial charge in [0.25, 0.3) is 5.91 Å². The van der Waals surface area contributed by atoms with E-state index in [-0.39, 0.29) is 11.8 Å². The van der Waals surface area contributed by atoms with E-state index in [0.717, 1.165) is 12.8 Å². The van der Waals surface area contributed by atoms with Crippen molar-refractivity contribution in [3.05, 3.63) is 17.5 Å². The van der Waals surface area contributed by atoms with Gasteiger partial charge >= 0.3 is 0 Å². The highest BCUT2D eigenvalue weighted by atomic mass is 16.5. The van der Waals surface area contributed by atoms with Crippen molar-refractivity contribution in [3.63, 3.8) is 0 Å². The average Bonchev–Trinajstić information content (AvgIpc) is 2.97. The van der Waals surface area contributed by atoms with Gasteiger partial charge in [0.05, 0.1) is 6.20 Å². The van der Waals surface area contributed by atoms with Crippen LogP contribution >= 0.6 is 0 Å². The van der Waals surface area contributed by atoms with E-state index in [4.69, 9.17) is 4.52 Å². The lowest BCUT2D eigenvalue weighted by Gasteiger charge is -2.41. The quantitative estimate of drug-likeness (QED) is 0.786. The number of carbonyl (C=O) groups is 2. The van der Waals surface area contributed by atoms with Crippen molar-refractivity contribution in [2.24, 2.45) is 5.92 Å². The van der Waals surface area contributed by atoms with Crippen molar-refractivity contribution >= 4 is 11.8 Å². The normalized spacial score (nSPS) is 28.2. The number of hydrogen-bond acceptors (Lipinski definition) is 4. The Morgan fingerprint density at radius 2 is 2.16 bits per heavy atom. The van der Waals surface area contributed by atoms with E-state index >= 15 is 0 Å². The fourth-order valence-corrected chi connectivity index (χ4v) is 3.31. The maximum absolute atomic E-state index is 12.6. The molecule has 3 fully saturated rings. The fourth-order valence-electron chi connectivity index (χ4n) is 3.31. The Kier molecular flexibility index (Phi) is 2.45. The van der Waals surface area contributed by atoms with Crippen LogP contribution in [0.15, 0.2) is 10.7 Å². The molecule has 1 saturated carbocycles. The Morgan fingerprint density at radius 1 is 1.47 bits per heavy atom. The van der Waals surface area contributed by atoms with Gasteiger partial charge in [-0.2, -0.15) is 0 Å². The minimum atomic E-state index is -0.630. The van der Waals surface area contributed by atoms with Gasteiger partial charge in [-0.1, -0.05) is 5.16 Å². The molecule has 1 aromatic rings. The predicted molar refractivity (Wildman–Crippen MR) is 66.4 cm³/mol. The summed E-state index contributed by atoms with van der Waals surface area (Å²) in [5.74, 6) is 0.826. The third-order valence-electron chi connectivity index (χ3n) is 4.24. The number of amides is 2. The molecule has 0 N–H and O–H groups in total. The predicted octanol–water partition coefficient (Wildman–Crippen LogP) is 0.676. The summed E-state index contributed by atoms with van der Waals surface area (Å²) < 4.78 is 4.94. The zero-order valence-corrected chi connectivity index (χ0v) is 11.3. The Bertz CT molecular complexity index is 543. The first-order chi connectivity index (χ1) is 8.95. The number of aromatic nitrogens is 1. The van der Waals surface area contributed by atoms with Gasteiger partial charge in [-0.25, -0.2) is 0 Å². The van der Waals surface area contributed by atoms with Crippen LogP contribution in [0.2, 0.25) is 0 Å². The molecular formula is C13H17N3O3. The molecule has 1 aromatic heterocycles. The molecule has 6 nitrogen and oxygen atoms in total. The number of fused-ring (bicyclic) bond motifs is 1. The van der Waals surface area contributed by atoms with Crippen LogP contribution < -0.4 is 0 Å². The smallest absolute Gasteiger partial charge is 0.259 e. The molecule has 3 aliphatic rings. The van der Waals surface area contributed by atoms with E-state index in [0.29, 0.717) is 23.8 Å². The van der Waals surface area contributed by atoms with E-state index in [9.17, 15) is 9.59 Å². The largest absolute Gasteiger partial charge is 0.361 e. The van der Waals surface area contributed by atoms with Crippen LogP contribution in [0.5, 0.6) is 0 Å². The van der Waals surface area contributed by atoms with Crippen molar-refractivity contribution in [1.29, 1.82) is 0 Å². The topological polar surface area (TPSA) is 66.7 Å². The highest BCUT2D eigenvalue weighted by Crippen LogP contribution is 2.51. The summed E-state index contributed by atoms with van der Waals surface area (Å²) in [6.45, 7) is 2.37. The second-order valence-corrected chi connectivity index (χ2v) is 5.72. The zero-order valence-electron chi connectivity index (χ0n) is 11.3. The molecule has 0 aromatic carbocycles. The highest BCUT2D eigenvalue weighted by molar-refractivity contribution is 6.01. The van der Waals surface area contributed by atoms with Gasteiger partial charge in [0.15, 0.2) is 0 Å². The number of likely N-dealkylation sites (N-methyl/N-ethyl adjacent to an activating group) is 1. The molecule has 0 spiro atoms. The second kappa shape index (κ2) is 3.82. The van der Waals surface area contributed by atoms with Crippen molar-refractivity contribution in [2.75, 3.05) is 20.6 Å². The molecule has 2 saturated heterocycles. The number of aryl methyl sites for hydroxylation is 1. The van der Waals surface area contributed by atoms with E-state index in [1.54, 1.807) is 30.8 Å². The van der Waals surface area contributed by atoms with Crippen LogP contribution in [0.25, 0.3) is 0 Å².